The fourth-order valence-electron chi connectivity index (χ4n) is 3.03. The zero-order chi connectivity index (χ0) is 19.6. The Bertz CT molecular complexity index is 899. The van der Waals surface area contributed by atoms with Gasteiger partial charge in [0, 0.05) is 19.6 Å². The molecular formula is C18H24N4O4S. The van der Waals surface area contributed by atoms with E-state index in [-0.39, 0.29) is 18.0 Å². The molecule has 2 aromatic heterocycles. The number of rotatable bonds is 4. The van der Waals surface area contributed by atoms with E-state index in [0.29, 0.717) is 29.7 Å². The van der Waals surface area contributed by atoms with Gasteiger partial charge in [-0.3, -0.25) is 19.1 Å². The van der Waals surface area contributed by atoms with Crippen LogP contribution in [0.25, 0.3) is 10.2 Å². The van der Waals surface area contributed by atoms with Crippen molar-refractivity contribution in [1.82, 2.24) is 19.8 Å². The molecule has 1 atom stereocenters. The van der Waals surface area contributed by atoms with Crippen molar-refractivity contribution in [3.63, 3.8) is 0 Å². The van der Waals surface area contributed by atoms with Gasteiger partial charge in [-0.05, 0) is 45.1 Å². The van der Waals surface area contributed by atoms with Crippen molar-refractivity contribution in [3.05, 3.63) is 28.1 Å². The van der Waals surface area contributed by atoms with Crippen LogP contribution in [-0.4, -0.2) is 51.2 Å². The van der Waals surface area contributed by atoms with Gasteiger partial charge in [0.05, 0.1) is 11.8 Å². The fraction of sp³-hybridized carbons (Fsp3) is 0.556. The number of ether oxygens (including phenoxy) is 1. The van der Waals surface area contributed by atoms with Gasteiger partial charge in [0.1, 0.15) is 16.3 Å². The average molecular weight is 392 g/mol. The van der Waals surface area contributed by atoms with Crippen LogP contribution in [0.2, 0.25) is 0 Å². The number of hydrogen-bond acceptors (Lipinski definition) is 6. The number of nitrogens with one attached hydrogen (secondary N) is 1. The molecule has 0 aromatic carbocycles. The zero-order valence-corrected chi connectivity index (χ0v) is 16.5. The summed E-state index contributed by atoms with van der Waals surface area (Å²) in [6, 6.07) is 1.27. The predicted octanol–water partition coefficient (Wildman–Crippen LogP) is 1.97. The molecule has 0 spiro atoms. The van der Waals surface area contributed by atoms with Gasteiger partial charge in [-0.25, -0.2) is 9.78 Å². The molecule has 0 aliphatic carbocycles. The maximum Gasteiger partial charge on any atom is 0.410 e. The lowest BCUT2D eigenvalue weighted by Gasteiger charge is -2.28. The molecular weight excluding hydrogens is 368 g/mol. The highest BCUT2D eigenvalue weighted by Gasteiger charge is 2.36. The number of carbonyl (C=O) groups is 2. The summed E-state index contributed by atoms with van der Waals surface area (Å²) in [7, 11) is 0. The smallest absolute Gasteiger partial charge is 0.410 e. The number of hydrogen-bond donors (Lipinski definition) is 1. The summed E-state index contributed by atoms with van der Waals surface area (Å²) >= 11 is 1.35. The Balaban J connectivity index is 1.57. The van der Waals surface area contributed by atoms with Gasteiger partial charge in [-0.2, -0.15) is 0 Å². The second-order valence-electron chi connectivity index (χ2n) is 7.50. The molecule has 1 aliphatic rings. The van der Waals surface area contributed by atoms with E-state index in [0.717, 1.165) is 6.42 Å². The Hall–Kier alpha value is -2.42. The van der Waals surface area contributed by atoms with E-state index in [1.807, 2.05) is 5.38 Å². The molecule has 1 fully saturated rings. The fourth-order valence-corrected chi connectivity index (χ4v) is 3.83. The number of fused-ring (bicyclic) bond motifs is 1. The molecule has 1 N–H and O–H groups in total. The number of thiophene rings is 1. The van der Waals surface area contributed by atoms with Crippen molar-refractivity contribution in [3.8, 4) is 0 Å². The summed E-state index contributed by atoms with van der Waals surface area (Å²) in [4.78, 5) is 42.9. The number of likely N-dealkylation sites (tertiary alicyclic amines) is 1. The second-order valence-corrected chi connectivity index (χ2v) is 8.42. The van der Waals surface area contributed by atoms with Crippen LogP contribution in [0.3, 0.4) is 0 Å². The van der Waals surface area contributed by atoms with Gasteiger partial charge >= 0.3 is 6.09 Å². The van der Waals surface area contributed by atoms with Gasteiger partial charge in [0.15, 0.2) is 0 Å². The quantitative estimate of drug-likeness (QED) is 0.859. The highest BCUT2D eigenvalue weighted by atomic mass is 32.1. The van der Waals surface area contributed by atoms with Gasteiger partial charge < -0.3 is 10.1 Å². The van der Waals surface area contributed by atoms with Crippen molar-refractivity contribution in [2.75, 3.05) is 13.1 Å². The van der Waals surface area contributed by atoms with E-state index in [9.17, 15) is 14.4 Å². The third-order valence-corrected chi connectivity index (χ3v) is 5.16. The molecule has 1 aliphatic heterocycles. The third kappa shape index (κ3) is 4.47. The minimum absolute atomic E-state index is 0.111. The summed E-state index contributed by atoms with van der Waals surface area (Å²) in [5.41, 5.74) is -0.0280. The highest BCUT2D eigenvalue weighted by Crippen LogP contribution is 2.21. The van der Waals surface area contributed by atoms with Crippen LogP contribution < -0.4 is 10.9 Å². The van der Waals surface area contributed by atoms with Crippen molar-refractivity contribution < 1.29 is 14.3 Å². The topological polar surface area (TPSA) is 93.5 Å². The molecule has 1 unspecified atom stereocenters. The maximum atomic E-state index is 12.5. The summed E-state index contributed by atoms with van der Waals surface area (Å²) < 4.78 is 7.47. The van der Waals surface area contributed by atoms with Gasteiger partial charge in [-0.1, -0.05) is 0 Å². The standard InChI is InChI=1S/C18H24N4O4S/c1-18(2,3)26-17(25)22-8-4-5-13(22)15(23)19-7-9-21-11-20-12-6-10-27-14(12)16(21)24/h6,10-11,13H,4-5,7-9H2,1-3H3,(H,19,23). The first-order chi connectivity index (χ1) is 12.8. The summed E-state index contributed by atoms with van der Waals surface area (Å²) in [6.45, 7) is 6.51. The first-order valence-corrected chi connectivity index (χ1v) is 9.84. The predicted molar refractivity (Wildman–Crippen MR) is 103 cm³/mol. The van der Waals surface area contributed by atoms with Gasteiger partial charge in [0.25, 0.3) is 5.56 Å². The lowest BCUT2D eigenvalue weighted by molar-refractivity contribution is -0.125. The number of nitrogens with zero attached hydrogens (tertiary/aromatic N) is 3. The number of aromatic nitrogens is 2. The number of amides is 2. The Kier molecular flexibility index (Phi) is 5.50. The van der Waals surface area contributed by atoms with Crippen LogP contribution in [0, 0.1) is 0 Å². The largest absolute Gasteiger partial charge is 0.444 e. The average Bonchev–Trinajstić information content (AvgIpc) is 3.24. The van der Waals surface area contributed by atoms with E-state index in [1.165, 1.54) is 27.1 Å². The molecule has 1 saturated heterocycles. The minimum Gasteiger partial charge on any atom is -0.444 e. The van der Waals surface area contributed by atoms with Crippen LogP contribution in [0.5, 0.6) is 0 Å². The third-order valence-electron chi connectivity index (χ3n) is 4.27. The Morgan fingerprint density at radius 2 is 2.19 bits per heavy atom. The molecule has 0 bridgehead atoms. The normalized spacial score (nSPS) is 17.3. The maximum absolute atomic E-state index is 12.5. The molecule has 2 aromatic rings. The molecule has 27 heavy (non-hydrogen) atoms. The van der Waals surface area contributed by atoms with E-state index >= 15 is 0 Å². The summed E-state index contributed by atoms with van der Waals surface area (Å²) in [6.07, 6.45) is 2.39. The van der Waals surface area contributed by atoms with E-state index < -0.39 is 17.7 Å². The van der Waals surface area contributed by atoms with Crippen molar-refractivity contribution in [2.24, 2.45) is 0 Å². The van der Waals surface area contributed by atoms with Gasteiger partial charge in [-0.15, -0.1) is 11.3 Å². The highest BCUT2D eigenvalue weighted by molar-refractivity contribution is 7.17. The van der Waals surface area contributed by atoms with Crippen LogP contribution in [0.15, 0.2) is 22.6 Å². The number of carbonyl (C=O) groups excluding carboxylic acids is 2. The summed E-state index contributed by atoms with van der Waals surface area (Å²) in [5, 5.41) is 4.65. The van der Waals surface area contributed by atoms with E-state index in [1.54, 1.807) is 26.8 Å². The van der Waals surface area contributed by atoms with Gasteiger partial charge in [0.2, 0.25) is 5.91 Å². The first-order valence-electron chi connectivity index (χ1n) is 8.96. The lowest BCUT2D eigenvalue weighted by Crippen LogP contribution is -2.48. The first kappa shape index (κ1) is 19.3. The molecule has 2 amide bonds. The second kappa shape index (κ2) is 7.67. The zero-order valence-electron chi connectivity index (χ0n) is 15.7. The Morgan fingerprint density at radius 3 is 2.93 bits per heavy atom. The molecule has 8 nitrogen and oxygen atoms in total. The van der Waals surface area contributed by atoms with Crippen molar-refractivity contribution >= 4 is 33.6 Å². The van der Waals surface area contributed by atoms with Crippen LogP contribution in [0.4, 0.5) is 4.79 Å². The van der Waals surface area contributed by atoms with E-state index in [2.05, 4.69) is 10.3 Å². The minimum atomic E-state index is -0.602. The van der Waals surface area contributed by atoms with Crippen LogP contribution in [-0.2, 0) is 16.1 Å². The molecule has 0 saturated carbocycles. The van der Waals surface area contributed by atoms with E-state index in [4.69, 9.17) is 4.74 Å². The Labute approximate surface area is 161 Å². The van der Waals surface area contributed by atoms with Crippen LogP contribution >= 0.6 is 11.3 Å². The summed E-state index contributed by atoms with van der Waals surface area (Å²) in [5.74, 6) is -0.225. The van der Waals surface area contributed by atoms with Crippen molar-refractivity contribution in [1.29, 1.82) is 0 Å². The SMILES string of the molecule is CC(C)(C)OC(=O)N1CCCC1C(=O)NCCn1cnc2ccsc2c1=O. The Morgan fingerprint density at radius 1 is 1.41 bits per heavy atom. The van der Waals surface area contributed by atoms with Crippen LogP contribution in [0.1, 0.15) is 33.6 Å². The van der Waals surface area contributed by atoms with Crippen molar-refractivity contribution in [2.45, 2.75) is 51.8 Å². The molecule has 3 rings (SSSR count). The monoisotopic (exact) mass is 392 g/mol. The lowest BCUT2D eigenvalue weighted by atomic mass is 10.2. The molecule has 9 heteroatoms. The molecule has 0 radical (unpaired) electrons. The molecule has 146 valence electrons. The molecule has 3 heterocycles.